The summed E-state index contributed by atoms with van der Waals surface area (Å²) in [5.41, 5.74) is 6.04. The number of carbonyl (C=O) groups is 1. The van der Waals surface area contributed by atoms with Gasteiger partial charge < -0.3 is 15.5 Å². The van der Waals surface area contributed by atoms with Crippen molar-refractivity contribution >= 4 is 5.91 Å². The molecule has 0 spiro atoms. The van der Waals surface area contributed by atoms with Gasteiger partial charge in [0, 0.05) is 19.1 Å². The van der Waals surface area contributed by atoms with Crippen molar-refractivity contribution in [3.63, 3.8) is 0 Å². The summed E-state index contributed by atoms with van der Waals surface area (Å²) in [6, 6.07) is 0.372. The molecule has 2 N–H and O–H groups in total. The van der Waals surface area contributed by atoms with Gasteiger partial charge in [0.15, 0.2) is 0 Å². The van der Waals surface area contributed by atoms with Crippen molar-refractivity contribution in [3.05, 3.63) is 0 Å². The van der Waals surface area contributed by atoms with Crippen LogP contribution in [0.4, 0.5) is 0 Å². The van der Waals surface area contributed by atoms with Gasteiger partial charge in [0.1, 0.15) is 0 Å². The summed E-state index contributed by atoms with van der Waals surface area (Å²) in [7, 11) is 2.22. The predicted molar refractivity (Wildman–Crippen MR) is 77.8 cm³/mol. The first-order valence-electron chi connectivity index (χ1n) is 7.73. The van der Waals surface area contributed by atoms with E-state index in [-0.39, 0.29) is 11.9 Å². The van der Waals surface area contributed by atoms with Crippen molar-refractivity contribution in [2.45, 2.75) is 51.6 Å². The van der Waals surface area contributed by atoms with Crippen LogP contribution in [0.5, 0.6) is 0 Å². The first kappa shape index (κ1) is 14.8. The van der Waals surface area contributed by atoms with E-state index < -0.39 is 0 Å². The number of amides is 1. The van der Waals surface area contributed by atoms with Crippen LogP contribution in [-0.4, -0.2) is 54.5 Å². The molecule has 2 aliphatic rings. The number of piperidine rings is 2. The highest BCUT2D eigenvalue weighted by atomic mass is 16.2. The summed E-state index contributed by atoms with van der Waals surface area (Å²) in [6.07, 6.45) is 4.43. The minimum absolute atomic E-state index is 0.167. The van der Waals surface area contributed by atoms with Crippen LogP contribution in [0.3, 0.4) is 0 Å². The molecule has 3 atom stereocenters. The molecule has 2 unspecified atom stereocenters. The van der Waals surface area contributed by atoms with Crippen LogP contribution in [0.1, 0.15) is 39.5 Å². The lowest BCUT2D eigenvalue weighted by Gasteiger charge is -2.46. The molecule has 4 nitrogen and oxygen atoms in total. The van der Waals surface area contributed by atoms with Crippen molar-refractivity contribution in [1.29, 1.82) is 0 Å². The van der Waals surface area contributed by atoms with Crippen LogP contribution in [0.2, 0.25) is 0 Å². The van der Waals surface area contributed by atoms with Gasteiger partial charge >= 0.3 is 0 Å². The Balaban J connectivity index is 1.91. The van der Waals surface area contributed by atoms with Crippen LogP contribution < -0.4 is 5.73 Å². The number of rotatable bonds is 3. The lowest BCUT2D eigenvalue weighted by atomic mass is 9.84. The quantitative estimate of drug-likeness (QED) is 0.838. The molecule has 0 aromatic rings. The number of likely N-dealkylation sites (tertiary alicyclic amines) is 2. The highest BCUT2D eigenvalue weighted by molar-refractivity contribution is 5.81. The third-order valence-electron chi connectivity index (χ3n) is 4.70. The van der Waals surface area contributed by atoms with Crippen LogP contribution >= 0.6 is 0 Å². The Bertz CT molecular complexity index is 319. The molecule has 2 heterocycles. The van der Waals surface area contributed by atoms with Gasteiger partial charge in [-0.2, -0.15) is 0 Å². The van der Waals surface area contributed by atoms with Crippen LogP contribution in [0.25, 0.3) is 0 Å². The molecule has 2 saturated heterocycles. The van der Waals surface area contributed by atoms with Crippen LogP contribution in [0, 0.1) is 11.8 Å². The fourth-order valence-electron chi connectivity index (χ4n) is 3.70. The molecule has 110 valence electrons. The average molecular weight is 267 g/mol. The third kappa shape index (κ3) is 3.48. The maximum absolute atomic E-state index is 12.4. The zero-order chi connectivity index (χ0) is 14.0. The summed E-state index contributed by atoms with van der Waals surface area (Å²) >= 11 is 0. The second-order valence-corrected chi connectivity index (χ2v) is 6.76. The smallest absolute Gasteiger partial charge is 0.239 e. The molecule has 19 heavy (non-hydrogen) atoms. The van der Waals surface area contributed by atoms with E-state index >= 15 is 0 Å². The fourth-order valence-corrected chi connectivity index (χ4v) is 3.70. The van der Waals surface area contributed by atoms with Crippen LogP contribution in [-0.2, 0) is 4.79 Å². The number of hydrogen-bond acceptors (Lipinski definition) is 3. The molecule has 0 aromatic heterocycles. The minimum Gasteiger partial charge on any atom is -0.341 e. The molecule has 0 saturated carbocycles. The monoisotopic (exact) mass is 267 g/mol. The van der Waals surface area contributed by atoms with E-state index in [1.807, 2.05) is 4.90 Å². The van der Waals surface area contributed by atoms with Gasteiger partial charge in [0.05, 0.1) is 6.04 Å². The molecule has 0 radical (unpaired) electrons. The van der Waals surface area contributed by atoms with E-state index in [9.17, 15) is 4.79 Å². The zero-order valence-corrected chi connectivity index (χ0v) is 12.6. The number of hydrogen-bond donors (Lipinski definition) is 1. The SMILES string of the molecule is CC(C)C[C@H](N)C(=O)N1CCC2C(CCCN2C)C1. The summed E-state index contributed by atoms with van der Waals surface area (Å²) in [5.74, 6) is 1.31. The standard InChI is InChI=1S/C15H29N3O/c1-11(2)9-13(16)15(19)18-8-6-14-12(10-18)5-4-7-17(14)3/h11-14H,4-10,16H2,1-3H3/t12?,13-,14?/m0/s1. The van der Waals surface area contributed by atoms with E-state index in [1.54, 1.807) is 0 Å². The predicted octanol–water partition coefficient (Wildman–Crippen LogP) is 1.30. The highest BCUT2D eigenvalue weighted by Crippen LogP contribution is 2.29. The molecular weight excluding hydrogens is 238 g/mol. The van der Waals surface area contributed by atoms with E-state index in [4.69, 9.17) is 5.73 Å². The summed E-state index contributed by atoms with van der Waals surface area (Å²) < 4.78 is 0. The van der Waals surface area contributed by atoms with Gasteiger partial charge in [-0.15, -0.1) is 0 Å². The molecule has 2 aliphatic heterocycles. The topological polar surface area (TPSA) is 49.6 Å². The molecule has 2 rings (SSSR count). The molecule has 0 aromatic carbocycles. The fraction of sp³-hybridized carbons (Fsp3) is 0.933. The number of nitrogens with two attached hydrogens (primary N) is 1. The largest absolute Gasteiger partial charge is 0.341 e. The van der Waals surface area contributed by atoms with Crippen molar-refractivity contribution in [2.24, 2.45) is 17.6 Å². The van der Waals surface area contributed by atoms with Gasteiger partial charge in [-0.05, 0) is 51.1 Å². The number of carbonyl (C=O) groups excluding carboxylic acids is 1. The number of fused-ring (bicyclic) bond motifs is 1. The van der Waals surface area contributed by atoms with Crippen molar-refractivity contribution in [1.82, 2.24) is 9.80 Å². The van der Waals surface area contributed by atoms with Crippen molar-refractivity contribution < 1.29 is 4.79 Å². The lowest BCUT2D eigenvalue weighted by molar-refractivity contribution is -0.136. The zero-order valence-electron chi connectivity index (χ0n) is 12.6. The Kier molecular flexibility index (Phi) is 4.85. The number of nitrogens with zero attached hydrogens (tertiary/aromatic N) is 2. The summed E-state index contributed by atoms with van der Waals surface area (Å²) in [5, 5.41) is 0. The second kappa shape index (κ2) is 6.23. The first-order chi connectivity index (χ1) is 8.99. The molecular formula is C15H29N3O. The lowest BCUT2D eigenvalue weighted by Crippen LogP contribution is -2.56. The highest BCUT2D eigenvalue weighted by Gasteiger charge is 2.36. The van der Waals surface area contributed by atoms with Gasteiger partial charge in [-0.3, -0.25) is 4.79 Å². The van der Waals surface area contributed by atoms with E-state index in [1.165, 1.54) is 19.4 Å². The maximum atomic E-state index is 12.4. The van der Waals surface area contributed by atoms with E-state index in [0.717, 1.165) is 25.9 Å². The van der Waals surface area contributed by atoms with Crippen molar-refractivity contribution in [2.75, 3.05) is 26.7 Å². The molecule has 4 heteroatoms. The minimum atomic E-state index is -0.308. The molecule has 1 amide bonds. The van der Waals surface area contributed by atoms with Gasteiger partial charge in [-0.1, -0.05) is 13.8 Å². The van der Waals surface area contributed by atoms with E-state index in [2.05, 4.69) is 25.8 Å². The third-order valence-corrected chi connectivity index (χ3v) is 4.70. The summed E-state index contributed by atoms with van der Waals surface area (Å²) in [4.78, 5) is 16.9. The molecule has 2 fully saturated rings. The normalized spacial score (nSPS) is 30.3. The maximum Gasteiger partial charge on any atom is 0.239 e. The summed E-state index contributed by atoms with van der Waals surface area (Å²) in [6.45, 7) is 7.25. The molecule has 0 bridgehead atoms. The van der Waals surface area contributed by atoms with Gasteiger partial charge in [0.25, 0.3) is 0 Å². The van der Waals surface area contributed by atoms with Crippen LogP contribution in [0.15, 0.2) is 0 Å². The molecule has 0 aliphatic carbocycles. The van der Waals surface area contributed by atoms with Crippen molar-refractivity contribution in [3.8, 4) is 0 Å². The first-order valence-corrected chi connectivity index (χ1v) is 7.73. The Morgan fingerprint density at radius 2 is 2.05 bits per heavy atom. The van der Waals surface area contributed by atoms with Gasteiger partial charge in [-0.25, -0.2) is 0 Å². The Morgan fingerprint density at radius 1 is 1.32 bits per heavy atom. The second-order valence-electron chi connectivity index (χ2n) is 6.76. The van der Waals surface area contributed by atoms with E-state index in [0.29, 0.717) is 17.9 Å². The Morgan fingerprint density at radius 3 is 2.74 bits per heavy atom. The van der Waals surface area contributed by atoms with Gasteiger partial charge in [0.2, 0.25) is 5.91 Å². The Labute approximate surface area is 117 Å². The average Bonchev–Trinajstić information content (AvgIpc) is 2.37. The Hall–Kier alpha value is -0.610.